The standard InChI is InChI=1S/C10H13ClN4O2/c1-7(16)14-2-4-15(5-3-14)9-8(11)10(17)13-6-12-9/h6H,2-5H2,1H3,(H,12,13,17). The van der Waals surface area contributed by atoms with Crippen molar-refractivity contribution in [2.75, 3.05) is 31.1 Å². The van der Waals surface area contributed by atoms with E-state index in [2.05, 4.69) is 9.97 Å². The highest BCUT2D eigenvalue weighted by Gasteiger charge is 2.21. The second-order valence-corrected chi connectivity index (χ2v) is 4.24. The lowest BCUT2D eigenvalue weighted by Crippen LogP contribution is -2.48. The van der Waals surface area contributed by atoms with Crippen LogP contribution in [0.3, 0.4) is 0 Å². The van der Waals surface area contributed by atoms with Gasteiger partial charge in [-0.2, -0.15) is 0 Å². The summed E-state index contributed by atoms with van der Waals surface area (Å²) >= 11 is 5.90. The van der Waals surface area contributed by atoms with Gasteiger partial charge < -0.3 is 14.8 Å². The highest BCUT2D eigenvalue weighted by atomic mass is 35.5. The maximum absolute atomic E-state index is 11.3. The maximum atomic E-state index is 11.3. The Kier molecular flexibility index (Phi) is 3.33. The smallest absolute Gasteiger partial charge is 0.271 e. The molecule has 1 aromatic heterocycles. The quantitative estimate of drug-likeness (QED) is 0.773. The summed E-state index contributed by atoms with van der Waals surface area (Å²) in [7, 11) is 0. The van der Waals surface area contributed by atoms with Crippen molar-refractivity contribution < 1.29 is 4.79 Å². The number of nitrogens with zero attached hydrogens (tertiary/aromatic N) is 3. The van der Waals surface area contributed by atoms with Gasteiger partial charge in [-0.25, -0.2) is 4.98 Å². The van der Waals surface area contributed by atoms with E-state index in [1.54, 1.807) is 11.8 Å². The van der Waals surface area contributed by atoms with Crippen LogP contribution >= 0.6 is 11.6 Å². The van der Waals surface area contributed by atoms with Crippen LogP contribution in [0.1, 0.15) is 6.92 Å². The topological polar surface area (TPSA) is 69.3 Å². The van der Waals surface area contributed by atoms with Gasteiger partial charge in [0.2, 0.25) is 5.91 Å². The van der Waals surface area contributed by atoms with Crippen LogP contribution in [0.15, 0.2) is 11.1 Å². The molecule has 1 N–H and O–H groups in total. The first-order valence-electron chi connectivity index (χ1n) is 5.33. The largest absolute Gasteiger partial charge is 0.352 e. The molecule has 0 aliphatic carbocycles. The summed E-state index contributed by atoms with van der Waals surface area (Å²) in [6.45, 7) is 4.07. The van der Waals surface area contributed by atoms with E-state index in [0.717, 1.165) is 0 Å². The van der Waals surface area contributed by atoms with Crippen molar-refractivity contribution in [1.82, 2.24) is 14.9 Å². The number of H-pyrrole nitrogens is 1. The molecule has 2 heterocycles. The third kappa shape index (κ3) is 2.41. The Labute approximate surface area is 103 Å². The number of anilines is 1. The number of carbonyl (C=O) groups is 1. The van der Waals surface area contributed by atoms with Crippen molar-refractivity contribution in [2.24, 2.45) is 0 Å². The predicted octanol–water partition coefficient (Wildman–Crippen LogP) is 0.0918. The maximum Gasteiger partial charge on any atom is 0.271 e. The Balaban J connectivity index is 2.13. The summed E-state index contributed by atoms with van der Waals surface area (Å²) in [5, 5.41) is 0.101. The number of amides is 1. The molecule has 0 saturated carbocycles. The van der Waals surface area contributed by atoms with Gasteiger partial charge in [0.05, 0.1) is 6.33 Å². The van der Waals surface area contributed by atoms with Crippen molar-refractivity contribution in [3.8, 4) is 0 Å². The third-order valence-electron chi connectivity index (χ3n) is 2.80. The number of carbonyl (C=O) groups excluding carboxylic acids is 1. The summed E-state index contributed by atoms with van der Waals surface area (Å²) in [6, 6.07) is 0. The van der Waals surface area contributed by atoms with Crippen LogP contribution in [0, 0.1) is 0 Å². The Morgan fingerprint density at radius 3 is 2.65 bits per heavy atom. The third-order valence-corrected chi connectivity index (χ3v) is 3.14. The van der Waals surface area contributed by atoms with Gasteiger partial charge in [-0.05, 0) is 0 Å². The molecule has 0 unspecified atom stereocenters. The van der Waals surface area contributed by atoms with Crippen molar-refractivity contribution in [1.29, 1.82) is 0 Å². The molecule has 0 radical (unpaired) electrons. The van der Waals surface area contributed by atoms with E-state index in [9.17, 15) is 9.59 Å². The van der Waals surface area contributed by atoms with Crippen LogP contribution < -0.4 is 10.5 Å². The number of aromatic amines is 1. The van der Waals surface area contributed by atoms with E-state index in [4.69, 9.17) is 11.6 Å². The number of piperazine rings is 1. The number of halogens is 1. The van der Waals surface area contributed by atoms with Crippen molar-refractivity contribution in [2.45, 2.75) is 6.92 Å². The zero-order valence-corrected chi connectivity index (χ0v) is 10.2. The first-order valence-corrected chi connectivity index (χ1v) is 5.71. The molecule has 1 aliphatic heterocycles. The summed E-state index contributed by atoms with van der Waals surface area (Å²) in [5.74, 6) is 0.549. The lowest BCUT2D eigenvalue weighted by Gasteiger charge is -2.34. The number of aromatic nitrogens is 2. The number of hydrogen-bond acceptors (Lipinski definition) is 4. The van der Waals surface area contributed by atoms with E-state index < -0.39 is 0 Å². The minimum Gasteiger partial charge on any atom is -0.352 e. The molecule has 0 spiro atoms. The van der Waals surface area contributed by atoms with Crippen molar-refractivity contribution in [3.05, 3.63) is 21.7 Å². The highest BCUT2D eigenvalue weighted by molar-refractivity contribution is 6.32. The average Bonchev–Trinajstić information content (AvgIpc) is 2.33. The second kappa shape index (κ2) is 4.75. The fourth-order valence-electron chi connectivity index (χ4n) is 1.83. The lowest BCUT2D eigenvalue weighted by molar-refractivity contribution is -0.129. The van der Waals surface area contributed by atoms with Crippen LogP contribution in [0.5, 0.6) is 0 Å². The predicted molar refractivity (Wildman–Crippen MR) is 64.3 cm³/mol. The van der Waals surface area contributed by atoms with Crippen LogP contribution in [-0.2, 0) is 4.79 Å². The van der Waals surface area contributed by atoms with E-state index in [0.29, 0.717) is 32.0 Å². The molecule has 2 rings (SSSR count). The van der Waals surface area contributed by atoms with Gasteiger partial charge in [-0.3, -0.25) is 9.59 Å². The van der Waals surface area contributed by atoms with Crippen LogP contribution in [0.4, 0.5) is 5.82 Å². The normalized spacial score (nSPS) is 16.1. The summed E-state index contributed by atoms with van der Waals surface area (Å²) in [5.41, 5.74) is -0.342. The SMILES string of the molecule is CC(=O)N1CCN(c2nc[nH]c(=O)c2Cl)CC1. The monoisotopic (exact) mass is 256 g/mol. The van der Waals surface area contributed by atoms with Crippen LogP contribution in [0.25, 0.3) is 0 Å². The van der Waals surface area contributed by atoms with Crippen molar-refractivity contribution in [3.63, 3.8) is 0 Å². The average molecular weight is 257 g/mol. The molecule has 1 saturated heterocycles. The Hall–Kier alpha value is -1.56. The van der Waals surface area contributed by atoms with Gasteiger partial charge in [-0.15, -0.1) is 0 Å². The highest BCUT2D eigenvalue weighted by Crippen LogP contribution is 2.19. The molecule has 7 heteroatoms. The first-order chi connectivity index (χ1) is 8.09. The van der Waals surface area contributed by atoms with E-state index >= 15 is 0 Å². The molecule has 92 valence electrons. The van der Waals surface area contributed by atoms with E-state index in [1.807, 2.05) is 4.90 Å². The molecule has 0 aromatic carbocycles. The fraction of sp³-hybridized carbons (Fsp3) is 0.500. The molecule has 6 nitrogen and oxygen atoms in total. The van der Waals surface area contributed by atoms with Crippen LogP contribution in [-0.4, -0.2) is 47.0 Å². The first kappa shape index (κ1) is 11.9. The lowest BCUT2D eigenvalue weighted by atomic mass is 10.3. The fourth-order valence-corrected chi connectivity index (χ4v) is 2.05. The Morgan fingerprint density at radius 1 is 1.41 bits per heavy atom. The summed E-state index contributed by atoms with van der Waals surface area (Å²) in [6.07, 6.45) is 1.33. The Bertz CT molecular complexity index is 479. The zero-order valence-electron chi connectivity index (χ0n) is 9.44. The number of nitrogens with one attached hydrogen (secondary N) is 1. The minimum atomic E-state index is -0.342. The molecule has 1 aromatic rings. The van der Waals surface area contributed by atoms with Gasteiger partial charge in [0.15, 0.2) is 5.82 Å². The van der Waals surface area contributed by atoms with Crippen LogP contribution in [0.2, 0.25) is 5.02 Å². The van der Waals surface area contributed by atoms with Crippen molar-refractivity contribution >= 4 is 23.3 Å². The minimum absolute atomic E-state index is 0.0645. The van der Waals surface area contributed by atoms with E-state index in [-0.39, 0.29) is 16.5 Å². The van der Waals surface area contributed by atoms with Gasteiger partial charge >= 0.3 is 0 Å². The summed E-state index contributed by atoms with van der Waals surface area (Å²) < 4.78 is 0. The molecule has 1 aliphatic rings. The molecular formula is C10H13ClN4O2. The van der Waals surface area contributed by atoms with Gasteiger partial charge in [-0.1, -0.05) is 11.6 Å². The van der Waals surface area contributed by atoms with Gasteiger partial charge in [0, 0.05) is 33.1 Å². The Morgan fingerprint density at radius 2 is 2.06 bits per heavy atom. The molecule has 0 atom stereocenters. The molecule has 1 fully saturated rings. The second-order valence-electron chi connectivity index (χ2n) is 3.86. The zero-order chi connectivity index (χ0) is 12.4. The van der Waals surface area contributed by atoms with Gasteiger partial charge in [0.25, 0.3) is 5.56 Å². The molecule has 1 amide bonds. The van der Waals surface area contributed by atoms with Gasteiger partial charge in [0.1, 0.15) is 5.02 Å². The van der Waals surface area contributed by atoms with E-state index in [1.165, 1.54) is 6.33 Å². The molecule has 17 heavy (non-hydrogen) atoms. The molecule has 0 bridgehead atoms. The molecular weight excluding hydrogens is 244 g/mol. The summed E-state index contributed by atoms with van der Waals surface area (Å²) in [4.78, 5) is 32.7. The number of hydrogen-bond donors (Lipinski definition) is 1. The number of rotatable bonds is 1.